The summed E-state index contributed by atoms with van der Waals surface area (Å²) in [6.07, 6.45) is 5.03. The minimum Gasteiger partial charge on any atom is -0.494 e. The van der Waals surface area contributed by atoms with E-state index >= 15 is 0 Å². The van der Waals surface area contributed by atoms with Gasteiger partial charge < -0.3 is 10.1 Å². The summed E-state index contributed by atoms with van der Waals surface area (Å²) >= 11 is 0. The van der Waals surface area contributed by atoms with Crippen LogP contribution in [0, 0.1) is 0 Å². The number of amides is 1. The largest absolute Gasteiger partial charge is 0.494 e. The van der Waals surface area contributed by atoms with Gasteiger partial charge in [0.25, 0.3) is 0 Å². The number of hydrogen-bond donors (Lipinski definition) is 1. The van der Waals surface area contributed by atoms with Crippen LogP contribution in [0.3, 0.4) is 0 Å². The Morgan fingerprint density at radius 1 is 1.09 bits per heavy atom. The molecule has 0 fully saturated rings. The van der Waals surface area contributed by atoms with Gasteiger partial charge >= 0.3 is 0 Å². The van der Waals surface area contributed by atoms with Crippen molar-refractivity contribution < 1.29 is 9.53 Å². The van der Waals surface area contributed by atoms with E-state index in [0.29, 0.717) is 13.0 Å². The summed E-state index contributed by atoms with van der Waals surface area (Å²) in [5.41, 5.74) is 4.68. The lowest BCUT2D eigenvalue weighted by molar-refractivity contribution is -0.115. The summed E-state index contributed by atoms with van der Waals surface area (Å²) in [5, 5.41) is 3.09. The average Bonchev–Trinajstić information content (AvgIpc) is 2.57. The molecule has 0 unspecified atom stereocenters. The number of carbonyl (C=O) groups is 1. The SMILES string of the molecule is CCOc1ccc(CC(=O)Nc2cccc3c2CCCC3)cc1. The molecule has 2 aromatic rings. The van der Waals surface area contributed by atoms with Crippen molar-refractivity contribution in [1.29, 1.82) is 0 Å². The van der Waals surface area contributed by atoms with Crippen molar-refractivity contribution in [2.24, 2.45) is 0 Å². The van der Waals surface area contributed by atoms with Crippen LogP contribution >= 0.6 is 0 Å². The first-order valence-corrected chi connectivity index (χ1v) is 8.38. The molecule has 0 bridgehead atoms. The van der Waals surface area contributed by atoms with Crippen LogP contribution in [0.5, 0.6) is 5.75 Å². The summed E-state index contributed by atoms with van der Waals surface area (Å²) in [4.78, 5) is 12.3. The van der Waals surface area contributed by atoms with Gasteiger partial charge in [0.15, 0.2) is 0 Å². The van der Waals surface area contributed by atoms with Crippen LogP contribution in [0.1, 0.15) is 36.5 Å². The lowest BCUT2D eigenvalue weighted by atomic mass is 9.90. The predicted octanol–water partition coefficient (Wildman–Crippen LogP) is 4.15. The molecule has 3 heteroatoms. The van der Waals surface area contributed by atoms with E-state index in [1.807, 2.05) is 43.3 Å². The summed E-state index contributed by atoms with van der Waals surface area (Å²) < 4.78 is 5.42. The van der Waals surface area contributed by atoms with Gasteiger partial charge in [-0.05, 0) is 67.5 Å². The number of ether oxygens (including phenoxy) is 1. The van der Waals surface area contributed by atoms with Crippen LogP contribution in [-0.2, 0) is 24.1 Å². The zero-order valence-electron chi connectivity index (χ0n) is 13.6. The molecule has 0 atom stereocenters. The number of fused-ring (bicyclic) bond motifs is 1. The van der Waals surface area contributed by atoms with Crippen LogP contribution in [0.4, 0.5) is 5.69 Å². The van der Waals surface area contributed by atoms with Gasteiger partial charge in [-0.15, -0.1) is 0 Å². The van der Waals surface area contributed by atoms with Crippen molar-refractivity contribution in [3.63, 3.8) is 0 Å². The van der Waals surface area contributed by atoms with E-state index in [9.17, 15) is 4.79 Å². The van der Waals surface area contributed by atoms with Crippen LogP contribution in [0.15, 0.2) is 42.5 Å². The molecule has 1 N–H and O–H groups in total. The minimum absolute atomic E-state index is 0.0353. The number of anilines is 1. The Morgan fingerprint density at radius 3 is 2.65 bits per heavy atom. The molecule has 1 amide bonds. The first-order valence-electron chi connectivity index (χ1n) is 8.38. The third-order valence-corrected chi connectivity index (χ3v) is 4.27. The fourth-order valence-electron chi connectivity index (χ4n) is 3.15. The van der Waals surface area contributed by atoms with E-state index in [1.165, 1.54) is 24.0 Å². The van der Waals surface area contributed by atoms with Crippen LogP contribution in [0.25, 0.3) is 0 Å². The fraction of sp³-hybridized carbons (Fsp3) is 0.350. The standard InChI is InChI=1S/C20H23NO2/c1-2-23-17-12-10-15(11-13-17)14-20(22)21-19-9-5-7-16-6-3-4-8-18(16)19/h5,7,9-13H,2-4,6,8,14H2,1H3,(H,21,22). The van der Waals surface area contributed by atoms with Gasteiger partial charge in [-0.2, -0.15) is 0 Å². The Morgan fingerprint density at radius 2 is 1.87 bits per heavy atom. The van der Waals surface area contributed by atoms with E-state index in [2.05, 4.69) is 11.4 Å². The zero-order valence-corrected chi connectivity index (χ0v) is 13.6. The van der Waals surface area contributed by atoms with Crippen LogP contribution in [-0.4, -0.2) is 12.5 Å². The monoisotopic (exact) mass is 309 g/mol. The van der Waals surface area contributed by atoms with Crippen molar-refractivity contribution in [3.8, 4) is 5.75 Å². The molecule has 0 spiro atoms. The molecule has 120 valence electrons. The lowest BCUT2D eigenvalue weighted by Gasteiger charge is -2.19. The highest BCUT2D eigenvalue weighted by Gasteiger charge is 2.14. The van der Waals surface area contributed by atoms with Gasteiger partial charge in [-0.3, -0.25) is 4.79 Å². The Balaban J connectivity index is 1.65. The van der Waals surface area contributed by atoms with Crippen molar-refractivity contribution in [2.75, 3.05) is 11.9 Å². The van der Waals surface area contributed by atoms with E-state index in [-0.39, 0.29) is 5.91 Å². The number of hydrogen-bond acceptors (Lipinski definition) is 2. The third kappa shape index (κ3) is 3.92. The fourth-order valence-corrected chi connectivity index (χ4v) is 3.15. The van der Waals surface area contributed by atoms with Gasteiger partial charge in [-0.25, -0.2) is 0 Å². The quantitative estimate of drug-likeness (QED) is 0.901. The van der Waals surface area contributed by atoms with Crippen molar-refractivity contribution in [1.82, 2.24) is 0 Å². The molecule has 0 heterocycles. The molecule has 0 saturated heterocycles. The Kier molecular flexibility index (Phi) is 4.96. The topological polar surface area (TPSA) is 38.3 Å². The summed E-state index contributed by atoms with van der Waals surface area (Å²) in [7, 11) is 0. The Hall–Kier alpha value is -2.29. The lowest BCUT2D eigenvalue weighted by Crippen LogP contribution is -2.17. The third-order valence-electron chi connectivity index (χ3n) is 4.27. The van der Waals surface area contributed by atoms with Gasteiger partial charge in [0.1, 0.15) is 5.75 Å². The van der Waals surface area contributed by atoms with Crippen molar-refractivity contribution >= 4 is 11.6 Å². The zero-order chi connectivity index (χ0) is 16.1. The molecule has 0 radical (unpaired) electrons. The maximum absolute atomic E-state index is 12.3. The number of nitrogens with one attached hydrogen (secondary N) is 1. The Bertz CT molecular complexity index is 677. The highest BCUT2D eigenvalue weighted by Crippen LogP contribution is 2.28. The van der Waals surface area contributed by atoms with E-state index in [1.54, 1.807) is 0 Å². The molecule has 1 aliphatic rings. The molecule has 1 aliphatic carbocycles. The number of carbonyl (C=O) groups excluding carboxylic acids is 1. The van der Waals surface area contributed by atoms with Crippen LogP contribution in [0.2, 0.25) is 0 Å². The molecule has 3 rings (SSSR count). The average molecular weight is 309 g/mol. The van der Waals surface area contributed by atoms with E-state index in [0.717, 1.165) is 29.8 Å². The summed E-state index contributed by atoms with van der Waals surface area (Å²) in [5.74, 6) is 0.877. The second kappa shape index (κ2) is 7.32. The molecule has 0 aliphatic heterocycles. The van der Waals surface area contributed by atoms with E-state index < -0.39 is 0 Å². The molecule has 23 heavy (non-hydrogen) atoms. The van der Waals surface area contributed by atoms with Gasteiger partial charge in [0, 0.05) is 5.69 Å². The van der Waals surface area contributed by atoms with Gasteiger partial charge in [0.2, 0.25) is 5.91 Å². The highest BCUT2D eigenvalue weighted by atomic mass is 16.5. The maximum Gasteiger partial charge on any atom is 0.228 e. The molecule has 0 aromatic heterocycles. The molecule has 3 nitrogen and oxygen atoms in total. The second-order valence-corrected chi connectivity index (χ2v) is 5.95. The van der Waals surface area contributed by atoms with E-state index in [4.69, 9.17) is 4.74 Å². The first-order chi connectivity index (χ1) is 11.3. The molecule has 0 saturated carbocycles. The van der Waals surface area contributed by atoms with Crippen molar-refractivity contribution in [2.45, 2.75) is 39.0 Å². The summed E-state index contributed by atoms with van der Waals surface area (Å²) in [6.45, 7) is 2.61. The number of rotatable bonds is 5. The Labute approximate surface area is 137 Å². The normalized spacial score (nSPS) is 13.3. The number of aryl methyl sites for hydroxylation is 1. The van der Waals surface area contributed by atoms with Crippen LogP contribution < -0.4 is 10.1 Å². The second-order valence-electron chi connectivity index (χ2n) is 5.95. The molecule has 2 aromatic carbocycles. The van der Waals surface area contributed by atoms with Crippen molar-refractivity contribution in [3.05, 3.63) is 59.2 Å². The first kappa shape index (κ1) is 15.6. The predicted molar refractivity (Wildman–Crippen MR) is 93.0 cm³/mol. The summed E-state index contributed by atoms with van der Waals surface area (Å²) in [6, 6.07) is 14.0. The molecular weight excluding hydrogens is 286 g/mol. The minimum atomic E-state index is 0.0353. The van der Waals surface area contributed by atoms with Gasteiger partial charge in [-0.1, -0.05) is 24.3 Å². The maximum atomic E-state index is 12.3. The smallest absolute Gasteiger partial charge is 0.228 e. The number of benzene rings is 2. The molecular formula is C20H23NO2. The van der Waals surface area contributed by atoms with Gasteiger partial charge in [0.05, 0.1) is 13.0 Å². The highest BCUT2D eigenvalue weighted by molar-refractivity contribution is 5.93.